The molecule has 15 N–H and O–H groups in total. The first kappa shape index (κ1) is 64.7. The number of aliphatic carboxylic acids is 1. The summed E-state index contributed by atoms with van der Waals surface area (Å²) in [6, 6.07) is 26.2. The molecule has 25 nitrogen and oxygen atoms in total. The summed E-state index contributed by atoms with van der Waals surface area (Å²) in [4.78, 5) is 105. The maximum absolute atomic E-state index is 15.9. The van der Waals surface area contributed by atoms with Gasteiger partial charge in [0, 0.05) is 41.8 Å². The number of hydrogen-bond donors (Lipinski definition) is 15. The molecule has 9 aromatic carbocycles. The number of carboxylic acid groups (broad SMARTS) is 1. The summed E-state index contributed by atoms with van der Waals surface area (Å²) in [6.07, 6.45) is -2.48. The maximum Gasteiger partial charge on any atom is 0.330 e. The Morgan fingerprint density at radius 3 is 1.76 bits per heavy atom. The van der Waals surface area contributed by atoms with Crippen molar-refractivity contribution in [2.45, 2.75) is 61.4 Å². The molecule has 17 bridgehead atoms. The SMILES string of the molecule is O=C1N[C@H]2C(=O)N[C@H]3C(=O)N[C@H](C(=O)N[C@H](C(=O)O)c4cc(O)cc(O)c4-c4cc3ccc4O)[C@H](O)c3ccc(c(Cl)c3)Oc3cc2cc(c3O)Oc2ccc(cc2Cl)C[C@H]2NC(=O)[C@H](NCc3ccc(-c4ccccc4)cc3)c3ccc(O)c(c3)Oc3cc(O)cc(c3)[C@@H]1NC2=O. The molecule has 6 amide bonds. The van der Waals surface area contributed by atoms with Crippen molar-refractivity contribution in [3.63, 3.8) is 0 Å². The molecule has 6 heterocycles. The number of aromatic hydroxyl groups is 6. The number of carboxylic acids is 1. The molecule has 8 atom stereocenters. The van der Waals surface area contributed by atoms with E-state index < -0.39 is 152 Å². The highest BCUT2D eigenvalue weighted by Gasteiger charge is 2.41. The van der Waals surface area contributed by atoms with Crippen LogP contribution < -0.4 is 51.4 Å². The Balaban J connectivity index is 0.970. The minimum atomic E-state index is -2.20. The lowest BCUT2D eigenvalue weighted by Crippen LogP contribution is -2.55. The number of nitrogens with one attached hydrogen (secondary N) is 7. The van der Waals surface area contributed by atoms with Gasteiger partial charge in [0.1, 0.15) is 82.6 Å². The number of rotatable bonds is 5. The monoisotopic (exact) mass is 1360 g/mol. The van der Waals surface area contributed by atoms with Crippen molar-refractivity contribution in [1.29, 1.82) is 0 Å². The van der Waals surface area contributed by atoms with Crippen LogP contribution in [0.5, 0.6) is 69.0 Å². The number of carbonyl (C=O) groups excluding carboxylic acids is 6. The summed E-state index contributed by atoms with van der Waals surface area (Å²) in [7, 11) is 0. The molecule has 9 aromatic rings. The number of phenols is 6. The summed E-state index contributed by atoms with van der Waals surface area (Å²) in [5, 5.41) is 110. The van der Waals surface area contributed by atoms with Gasteiger partial charge in [0.05, 0.1) is 10.0 Å². The van der Waals surface area contributed by atoms with Crippen LogP contribution >= 0.6 is 23.2 Å². The number of aliphatic hydroxyl groups is 1. The van der Waals surface area contributed by atoms with Gasteiger partial charge < -0.3 is 87.0 Å². The second kappa shape index (κ2) is 26.3. The molecule has 98 heavy (non-hydrogen) atoms. The summed E-state index contributed by atoms with van der Waals surface area (Å²) >= 11 is 13.9. The molecular formula is C71H55Cl2N7O18. The first-order valence-electron chi connectivity index (χ1n) is 30.2. The van der Waals surface area contributed by atoms with Gasteiger partial charge in [-0.2, -0.15) is 0 Å². The van der Waals surface area contributed by atoms with Crippen molar-refractivity contribution >= 4 is 64.6 Å². The van der Waals surface area contributed by atoms with E-state index in [1.165, 1.54) is 54.6 Å². The topological polar surface area (TPSA) is 393 Å². The Kier molecular flexibility index (Phi) is 17.3. The summed E-state index contributed by atoms with van der Waals surface area (Å²) in [6.45, 7) is 0.0828. The zero-order valence-electron chi connectivity index (χ0n) is 50.6. The van der Waals surface area contributed by atoms with Gasteiger partial charge in [-0.25, -0.2) is 4.79 Å². The predicted molar refractivity (Wildman–Crippen MR) is 349 cm³/mol. The fourth-order valence-electron chi connectivity index (χ4n) is 12.1. The van der Waals surface area contributed by atoms with Crippen molar-refractivity contribution < 1.29 is 88.6 Å². The van der Waals surface area contributed by atoms with E-state index in [2.05, 4.69) is 37.2 Å². The highest BCUT2D eigenvalue weighted by atomic mass is 35.5. The van der Waals surface area contributed by atoms with Crippen LogP contribution in [0.25, 0.3) is 22.3 Å². The van der Waals surface area contributed by atoms with Crippen LogP contribution in [0.3, 0.4) is 0 Å². The van der Waals surface area contributed by atoms with Gasteiger partial charge in [-0.1, -0.05) is 102 Å². The van der Waals surface area contributed by atoms with Gasteiger partial charge in [-0.15, -0.1) is 0 Å². The average Bonchev–Trinajstić information content (AvgIpc) is 0.768. The lowest BCUT2D eigenvalue weighted by atomic mass is 9.89. The fraction of sp³-hybridized carbons (Fsp3) is 0.141. The molecule has 0 saturated carbocycles. The number of phenolic OH excluding ortho intramolecular Hbond substituents is 6. The molecule has 0 radical (unpaired) electrons. The van der Waals surface area contributed by atoms with Crippen LogP contribution in [0.1, 0.15) is 80.8 Å². The van der Waals surface area contributed by atoms with Gasteiger partial charge in [-0.3, -0.25) is 34.1 Å². The fourth-order valence-corrected chi connectivity index (χ4v) is 12.6. The highest BCUT2D eigenvalue weighted by Crippen LogP contribution is 2.48. The molecule has 0 saturated heterocycles. The van der Waals surface area contributed by atoms with Crippen LogP contribution in [0.4, 0.5) is 0 Å². The Bertz CT molecular complexity index is 4790. The van der Waals surface area contributed by atoms with E-state index in [-0.39, 0.29) is 73.8 Å². The van der Waals surface area contributed by atoms with Crippen molar-refractivity contribution in [1.82, 2.24) is 37.2 Å². The Morgan fingerprint density at radius 1 is 0.480 bits per heavy atom. The first-order valence-corrected chi connectivity index (χ1v) is 30.9. The molecule has 0 unspecified atom stereocenters. The minimum Gasteiger partial charge on any atom is -0.508 e. The summed E-state index contributed by atoms with van der Waals surface area (Å²) in [5.74, 6) is -14.7. The van der Waals surface area contributed by atoms with Gasteiger partial charge in [0.25, 0.3) is 0 Å². The lowest BCUT2D eigenvalue weighted by molar-refractivity contribution is -0.143. The van der Waals surface area contributed by atoms with E-state index in [0.29, 0.717) is 5.56 Å². The van der Waals surface area contributed by atoms with Gasteiger partial charge in [-0.05, 0) is 129 Å². The van der Waals surface area contributed by atoms with E-state index in [4.69, 9.17) is 37.4 Å². The van der Waals surface area contributed by atoms with E-state index in [0.717, 1.165) is 77.4 Å². The van der Waals surface area contributed by atoms with Gasteiger partial charge >= 0.3 is 5.97 Å². The van der Waals surface area contributed by atoms with Crippen molar-refractivity contribution in [2.24, 2.45) is 0 Å². The standard InChI is InChI=1S/C71H55Cl2N7O18/c72-45-18-32-8-16-51(45)97-54-25-39-26-55(64(54)87)98-52-17-13-37(23-46(52)73)63(86)62-70(93)79-61(71(94)95)44-28-41(82)29-50(85)56(44)43-22-35(11-14-48(43)83)58(67(90)80-62)77-69(92)60(39)78-68(91)59-38-20-40(81)27-42(21-38)96-53-24-36(12-15-49(53)84)57(66(89)75-47(19-32)65(88)76-59)74-30-31-6-9-34(10-7-31)33-4-2-1-3-5-33/h1-18,20-29,47,57-63,74,81-87H,19,30H2,(H,75,89)(H,76,88)(H,77,92)(H,78,91)(H,79,93)(H,80,90)(H,94,95)/t47-,57-,58-,59+,60-,61+,62+,63-/m1/s1. The number of ether oxygens (including phenoxy) is 3. The zero-order valence-corrected chi connectivity index (χ0v) is 52.1. The number of fused-ring (bicyclic) bond motifs is 14. The van der Waals surface area contributed by atoms with E-state index in [1.807, 2.05) is 54.6 Å². The normalized spacial score (nSPS) is 20.6. The maximum atomic E-state index is 15.9. The van der Waals surface area contributed by atoms with Crippen molar-refractivity contribution in [3.8, 4) is 91.2 Å². The third-order valence-corrected chi connectivity index (χ3v) is 17.6. The zero-order chi connectivity index (χ0) is 69.0. The third-order valence-electron chi connectivity index (χ3n) is 17.0. The van der Waals surface area contributed by atoms with Gasteiger partial charge in [0.15, 0.2) is 29.0 Å². The molecule has 0 spiro atoms. The lowest BCUT2D eigenvalue weighted by Gasteiger charge is -2.31. The molecule has 0 fully saturated rings. The van der Waals surface area contributed by atoms with Crippen LogP contribution in [-0.2, 0) is 46.5 Å². The quantitative estimate of drug-likeness (QED) is 0.0767. The minimum absolute atomic E-state index is 0.0828. The predicted octanol–water partition coefficient (Wildman–Crippen LogP) is 8.48. The Labute approximate surface area is 564 Å². The number of carbonyl (C=O) groups is 7. The van der Waals surface area contributed by atoms with Crippen LogP contribution in [0.15, 0.2) is 170 Å². The second-order valence-electron chi connectivity index (χ2n) is 23.5. The smallest absolute Gasteiger partial charge is 0.330 e. The molecule has 27 heteroatoms. The third kappa shape index (κ3) is 13.0. The van der Waals surface area contributed by atoms with Crippen LogP contribution in [0, 0.1) is 0 Å². The number of hydrogen-bond acceptors (Lipinski definition) is 18. The van der Waals surface area contributed by atoms with E-state index >= 15 is 24.0 Å². The largest absolute Gasteiger partial charge is 0.508 e. The second-order valence-corrected chi connectivity index (χ2v) is 24.3. The van der Waals surface area contributed by atoms with E-state index in [1.54, 1.807) is 0 Å². The molecule has 6 aliphatic heterocycles. The Morgan fingerprint density at radius 2 is 1.07 bits per heavy atom. The first-order chi connectivity index (χ1) is 47.0. The van der Waals surface area contributed by atoms with Crippen molar-refractivity contribution in [3.05, 3.63) is 224 Å². The number of halogens is 2. The average molecular weight is 1370 g/mol. The molecular weight excluding hydrogens is 1310 g/mol. The molecule has 0 aliphatic carbocycles. The Hall–Kier alpha value is -12.0. The van der Waals surface area contributed by atoms with Crippen molar-refractivity contribution in [2.75, 3.05) is 0 Å². The molecule has 15 rings (SSSR count). The van der Waals surface area contributed by atoms with E-state index in [9.17, 15) is 50.4 Å². The summed E-state index contributed by atoms with van der Waals surface area (Å²) in [5.41, 5.74) is 0.793. The molecule has 496 valence electrons. The van der Waals surface area contributed by atoms with Crippen LogP contribution in [-0.4, -0.2) is 94.3 Å². The summed E-state index contributed by atoms with van der Waals surface area (Å²) < 4.78 is 18.8. The molecule has 0 aromatic heterocycles. The highest BCUT2D eigenvalue weighted by molar-refractivity contribution is 6.32. The number of benzene rings is 9. The molecule has 6 aliphatic rings. The van der Waals surface area contributed by atoms with Gasteiger partial charge in [0.2, 0.25) is 41.2 Å². The number of aliphatic hydroxyl groups excluding tert-OH is 1. The van der Waals surface area contributed by atoms with Crippen LogP contribution in [0.2, 0.25) is 10.0 Å². The number of amides is 6.